The van der Waals surface area contributed by atoms with E-state index in [2.05, 4.69) is 22.6 Å². The third-order valence-electron chi connectivity index (χ3n) is 1.65. The summed E-state index contributed by atoms with van der Waals surface area (Å²) in [7, 11) is 0. The Bertz CT molecular complexity index is 234. The minimum absolute atomic E-state index is 0.368. The summed E-state index contributed by atoms with van der Waals surface area (Å²) >= 11 is 1.68. The summed E-state index contributed by atoms with van der Waals surface area (Å²) < 4.78 is 0. The first-order valence-electron chi connectivity index (χ1n) is 4.07. The molecule has 1 aromatic rings. The standard InChI is InChI=1S/C8H15N3S/c1-6(3-9)10-4-8-5-12-7(2)11-8/h5-6,10H,3-4,9H2,1-2H3/t6-/m0/s1. The van der Waals surface area contributed by atoms with E-state index in [1.807, 2.05) is 6.92 Å². The Kier molecular flexibility index (Phi) is 3.65. The van der Waals surface area contributed by atoms with Crippen LogP contribution in [0.2, 0.25) is 0 Å². The van der Waals surface area contributed by atoms with Crippen LogP contribution in [-0.2, 0) is 6.54 Å². The van der Waals surface area contributed by atoms with Crippen molar-refractivity contribution in [3.63, 3.8) is 0 Å². The summed E-state index contributed by atoms with van der Waals surface area (Å²) in [6.07, 6.45) is 0. The van der Waals surface area contributed by atoms with Gasteiger partial charge in [-0.25, -0.2) is 4.98 Å². The van der Waals surface area contributed by atoms with Crippen molar-refractivity contribution in [1.29, 1.82) is 0 Å². The molecule has 1 rings (SSSR count). The van der Waals surface area contributed by atoms with Crippen molar-refractivity contribution in [1.82, 2.24) is 10.3 Å². The highest BCUT2D eigenvalue weighted by atomic mass is 32.1. The number of nitrogens with one attached hydrogen (secondary N) is 1. The van der Waals surface area contributed by atoms with Gasteiger partial charge in [-0.1, -0.05) is 0 Å². The van der Waals surface area contributed by atoms with E-state index in [9.17, 15) is 0 Å². The lowest BCUT2D eigenvalue weighted by Crippen LogP contribution is -2.32. The fraction of sp³-hybridized carbons (Fsp3) is 0.625. The largest absolute Gasteiger partial charge is 0.329 e. The molecule has 1 heterocycles. The molecule has 0 saturated heterocycles. The molecule has 12 heavy (non-hydrogen) atoms. The Labute approximate surface area is 77.0 Å². The molecule has 0 saturated carbocycles. The Balaban J connectivity index is 2.33. The highest BCUT2D eigenvalue weighted by molar-refractivity contribution is 7.09. The van der Waals surface area contributed by atoms with Crippen LogP contribution in [-0.4, -0.2) is 17.6 Å². The molecule has 0 aliphatic heterocycles. The molecule has 4 heteroatoms. The Morgan fingerprint density at radius 2 is 2.50 bits per heavy atom. The second kappa shape index (κ2) is 4.54. The van der Waals surface area contributed by atoms with Gasteiger partial charge >= 0.3 is 0 Å². The number of hydrogen-bond acceptors (Lipinski definition) is 4. The molecule has 68 valence electrons. The van der Waals surface area contributed by atoms with Gasteiger partial charge in [0.15, 0.2) is 0 Å². The summed E-state index contributed by atoms with van der Waals surface area (Å²) in [5.41, 5.74) is 6.57. The highest BCUT2D eigenvalue weighted by Gasteiger charge is 2.00. The van der Waals surface area contributed by atoms with E-state index in [4.69, 9.17) is 5.73 Å². The molecule has 3 nitrogen and oxygen atoms in total. The van der Waals surface area contributed by atoms with Crippen LogP contribution < -0.4 is 11.1 Å². The van der Waals surface area contributed by atoms with Crippen molar-refractivity contribution in [2.75, 3.05) is 6.54 Å². The summed E-state index contributed by atoms with van der Waals surface area (Å²) in [6, 6.07) is 0.368. The average Bonchev–Trinajstić information content (AvgIpc) is 2.47. The number of nitrogens with zero attached hydrogens (tertiary/aromatic N) is 1. The lowest BCUT2D eigenvalue weighted by atomic mass is 10.3. The monoisotopic (exact) mass is 185 g/mol. The molecule has 0 aromatic carbocycles. The molecule has 0 amide bonds. The maximum atomic E-state index is 5.46. The molecule has 3 N–H and O–H groups in total. The second-order valence-corrected chi connectivity index (χ2v) is 3.94. The zero-order valence-corrected chi connectivity index (χ0v) is 8.32. The molecule has 0 spiro atoms. The predicted molar refractivity (Wildman–Crippen MR) is 52.2 cm³/mol. The summed E-state index contributed by atoms with van der Waals surface area (Å²) in [5, 5.41) is 6.47. The summed E-state index contributed by atoms with van der Waals surface area (Å²) in [4.78, 5) is 4.33. The van der Waals surface area contributed by atoms with Gasteiger partial charge in [-0.3, -0.25) is 0 Å². The van der Waals surface area contributed by atoms with Crippen LogP contribution in [0, 0.1) is 6.92 Å². The van der Waals surface area contributed by atoms with Gasteiger partial charge in [0.05, 0.1) is 10.7 Å². The van der Waals surface area contributed by atoms with E-state index in [1.165, 1.54) is 0 Å². The van der Waals surface area contributed by atoms with E-state index < -0.39 is 0 Å². The van der Waals surface area contributed by atoms with Gasteiger partial charge in [-0.2, -0.15) is 0 Å². The van der Waals surface area contributed by atoms with Gasteiger partial charge in [0.25, 0.3) is 0 Å². The van der Waals surface area contributed by atoms with Gasteiger partial charge in [0.1, 0.15) is 0 Å². The van der Waals surface area contributed by atoms with Crippen molar-refractivity contribution in [3.05, 3.63) is 16.1 Å². The van der Waals surface area contributed by atoms with Gasteiger partial charge in [-0.15, -0.1) is 11.3 Å². The first-order valence-corrected chi connectivity index (χ1v) is 4.94. The van der Waals surface area contributed by atoms with E-state index in [0.717, 1.165) is 17.2 Å². The maximum Gasteiger partial charge on any atom is 0.0897 e. The number of aromatic nitrogens is 1. The van der Waals surface area contributed by atoms with Crippen LogP contribution in [0.4, 0.5) is 0 Å². The SMILES string of the molecule is Cc1nc(CN[C@@H](C)CN)cs1. The first-order chi connectivity index (χ1) is 5.72. The normalized spacial score (nSPS) is 13.2. The van der Waals surface area contributed by atoms with Crippen molar-refractivity contribution < 1.29 is 0 Å². The quantitative estimate of drug-likeness (QED) is 0.732. The van der Waals surface area contributed by atoms with Gasteiger partial charge < -0.3 is 11.1 Å². The molecule has 0 aliphatic carbocycles. The van der Waals surface area contributed by atoms with Crippen LogP contribution in [0.15, 0.2) is 5.38 Å². The van der Waals surface area contributed by atoms with Crippen molar-refractivity contribution >= 4 is 11.3 Å². The number of aryl methyl sites for hydroxylation is 1. The number of nitrogens with two attached hydrogens (primary N) is 1. The van der Waals surface area contributed by atoms with Crippen molar-refractivity contribution in [2.24, 2.45) is 5.73 Å². The van der Waals surface area contributed by atoms with Crippen LogP contribution in [0.25, 0.3) is 0 Å². The molecular weight excluding hydrogens is 170 g/mol. The molecule has 1 aromatic heterocycles. The smallest absolute Gasteiger partial charge is 0.0897 e. The Hall–Kier alpha value is -0.450. The highest BCUT2D eigenvalue weighted by Crippen LogP contribution is 2.07. The number of hydrogen-bond donors (Lipinski definition) is 2. The molecule has 0 bridgehead atoms. The minimum atomic E-state index is 0.368. The van der Waals surface area contributed by atoms with E-state index in [0.29, 0.717) is 12.6 Å². The second-order valence-electron chi connectivity index (χ2n) is 2.88. The topological polar surface area (TPSA) is 50.9 Å². The van der Waals surface area contributed by atoms with Crippen LogP contribution in [0.1, 0.15) is 17.6 Å². The zero-order valence-electron chi connectivity index (χ0n) is 7.50. The fourth-order valence-corrected chi connectivity index (χ4v) is 1.46. The van der Waals surface area contributed by atoms with E-state index in [-0.39, 0.29) is 0 Å². The van der Waals surface area contributed by atoms with Crippen molar-refractivity contribution in [3.8, 4) is 0 Å². The summed E-state index contributed by atoms with van der Waals surface area (Å²) in [6.45, 7) is 5.57. The fourth-order valence-electron chi connectivity index (χ4n) is 0.852. The summed E-state index contributed by atoms with van der Waals surface area (Å²) in [5.74, 6) is 0. The first kappa shape index (κ1) is 9.64. The third-order valence-corrected chi connectivity index (χ3v) is 2.47. The van der Waals surface area contributed by atoms with Gasteiger partial charge in [0.2, 0.25) is 0 Å². The van der Waals surface area contributed by atoms with Crippen molar-refractivity contribution in [2.45, 2.75) is 26.4 Å². The molecule has 0 aliphatic rings. The Morgan fingerprint density at radius 1 is 1.75 bits per heavy atom. The average molecular weight is 185 g/mol. The molecule has 0 unspecified atom stereocenters. The van der Waals surface area contributed by atoms with Crippen LogP contribution in [0.5, 0.6) is 0 Å². The molecule has 0 radical (unpaired) electrons. The lowest BCUT2D eigenvalue weighted by Gasteiger charge is -2.08. The third kappa shape index (κ3) is 2.89. The zero-order chi connectivity index (χ0) is 8.97. The molecule has 1 atom stereocenters. The van der Waals surface area contributed by atoms with Crippen LogP contribution >= 0.6 is 11.3 Å². The van der Waals surface area contributed by atoms with Gasteiger partial charge in [-0.05, 0) is 13.8 Å². The van der Waals surface area contributed by atoms with Crippen LogP contribution in [0.3, 0.4) is 0 Å². The molecular formula is C8H15N3S. The number of thiazole rings is 1. The lowest BCUT2D eigenvalue weighted by molar-refractivity contribution is 0.551. The molecule has 0 fully saturated rings. The Morgan fingerprint density at radius 3 is 3.00 bits per heavy atom. The van der Waals surface area contributed by atoms with E-state index >= 15 is 0 Å². The minimum Gasteiger partial charge on any atom is -0.329 e. The number of rotatable bonds is 4. The predicted octanol–water partition coefficient (Wildman–Crippen LogP) is 0.888. The van der Waals surface area contributed by atoms with E-state index in [1.54, 1.807) is 11.3 Å². The van der Waals surface area contributed by atoms with Gasteiger partial charge in [0, 0.05) is 24.5 Å². The maximum absolute atomic E-state index is 5.46.